The van der Waals surface area contributed by atoms with Crippen molar-refractivity contribution in [3.05, 3.63) is 52.9 Å². The van der Waals surface area contributed by atoms with E-state index < -0.39 is 0 Å². The van der Waals surface area contributed by atoms with Crippen LogP contribution in [0.1, 0.15) is 5.56 Å². The fourth-order valence-electron chi connectivity index (χ4n) is 1.10. The van der Waals surface area contributed by atoms with Gasteiger partial charge in [-0.1, -0.05) is 23.7 Å². The summed E-state index contributed by atoms with van der Waals surface area (Å²) in [6.07, 6.45) is 1.55. The first-order valence-corrected chi connectivity index (χ1v) is 5.16. The van der Waals surface area contributed by atoms with Crippen LogP contribution in [-0.4, -0.2) is 16.4 Å². The van der Waals surface area contributed by atoms with Crippen LogP contribution in [0, 0.1) is 5.82 Å². The van der Waals surface area contributed by atoms with Crippen LogP contribution in [0.5, 0.6) is 0 Å². The van der Waals surface area contributed by atoms with Crippen molar-refractivity contribution in [2.45, 2.75) is 0 Å². The summed E-state index contributed by atoms with van der Waals surface area (Å²) in [5.74, 6) is 0.200. The van der Waals surface area contributed by atoms with E-state index in [1.54, 1.807) is 30.5 Å². The minimum absolute atomic E-state index is 0.279. The molecule has 1 aromatic carbocycles. The van der Waals surface area contributed by atoms with E-state index in [1.807, 2.05) is 0 Å². The minimum atomic E-state index is -0.279. The first-order chi connectivity index (χ1) is 8.24. The number of benzene rings is 1. The van der Waals surface area contributed by atoms with Gasteiger partial charge >= 0.3 is 0 Å². The molecular weight excluding hydrogens is 243 g/mol. The van der Waals surface area contributed by atoms with Gasteiger partial charge < -0.3 is 0 Å². The molecule has 2 aromatic rings. The molecule has 0 amide bonds. The van der Waals surface area contributed by atoms with Gasteiger partial charge in [-0.2, -0.15) is 5.10 Å². The zero-order chi connectivity index (χ0) is 12.1. The van der Waals surface area contributed by atoms with Gasteiger partial charge in [-0.05, 0) is 29.8 Å². The van der Waals surface area contributed by atoms with Crippen LogP contribution in [0.25, 0.3) is 0 Å². The third kappa shape index (κ3) is 3.49. The first kappa shape index (κ1) is 11.5. The van der Waals surface area contributed by atoms with Crippen molar-refractivity contribution in [3.63, 3.8) is 0 Å². The number of hydrogen-bond donors (Lipinski definition) is 1. The quantitative estimate of drug-likeness (QED) is 0.673. The van der Waals surface area contributed by atoms with E-state index in [1.165, 1.54) is 12.1 Å². The van der Waals surface area contributed by atoms with Crippen molar-refractivity contribution in [3.8, 4) is 0 Å². The van der Waals surface area contributed by atoms with Gasteiger partial charge in [0.25, 0.3) is 0 Å². The maximum absolute atomic E-state index is 12.6. The lowest BCUT2D eigenvalue weighted by molar-refractivity contribution is 0.628. The molecule has 4 nitrogen and oxygen atoms in total. The fourth-order valence-corrected chi connectivity index (χ4v) is 1.20. The van der Waals surface area contributed by atoms with Crippen molar-refractivity contribution >= 4 is 23.6 Å². The van der Waals surface area contributed by atoms with Gasteiger partial charge in [0, 0.05) is 0 Å². The summed E-state index contributed by atoms with van der Waals surface area (Å²) in [4.78, 5) is 0. The van der Waals surface area contributed by atoms with E-state index in [0.29, 0.717) is 11.0 Å². The maximum atomic E-state index is 12.6. The summed E-state index contributed by atoms with van der Waals surface area (Å²) < 4.78 is 12.6. The second-order valence-corrected chi connectivity index (χ2v) is 3.55. The Hall–Kier alpha value is -2.01. The van der Waals surface area contributed by atoms with Gasteiger partial charge in [-0.15, -0.1) is 10.2 Å². The third-order valence-electron chi connectivity index (χ3n) is 1.89. The van der Waals surface area contributed by atoms with Crippen LogP contribution in [0.3, 0.4) is 0 Å². The van der Waals surface area contributed by atoms with Gasteiger partial charge in [0.15, 0.2) is 11.0 Å². The number of anilines is 1. The van der Waals surface area contributed by atoms with Gasteiger partial charge in [0.1, 0.15) is 5.82 Å². The number of hydrogen-bond acceptors (Lipinski definition) is 4. The Labute approximate surface area is 102 Å². The monoisotopic (exact) mass is 250 g/mol. The normalized spacial score (nSPS) is 10.7. The molecule has 0 aliphatic heterocycles. The lowest BCUT2D eigenvalue weighted by atomic mass is 10.2. The fraction of sp³-hybridized carbons (Fsp3) is 0. The molecule has 2 rings (SSSR count). The molecule has 0 saturated carbocycles. The second-order valence-electron chi connectivity index (χ2n) is 3.16. The molecule has 1 aromatic heterocycles. The molecule has 17 heavy (non-hydrogen) atoms. The molecule has 0 spiro atoms. The van der Waals surface area contributed by atoms with Crippen molar-refractivity contribution in [2.75, 3.05) is 5.43 Å². The molecule has 6 heteroatoms. The van der Waals surface area contributed by atoms with Crippen LogP contribution < -0.4 is 5.43 Å². The molecule has 0 aliphatic carbocycles. The standard InChI is InChI=1S/C11H8ClFN4/c12-10-5-6-11(17-15-10)16-14-7-8-1-3-9(13)4-2-8/h1-7H,(H,16,17). The highest BCUT2D eigenvalue weighted by atomic mass is 35.5. The van der Waals surface area contributed by atoms with Gasteiger partial charge in [0.05, 0.1) is 6.21 Å². The van der Waals surface area contributed by atoms with Crippen molar-refractivity contribution in [1.82, 2.24) is 10.2 Å². The number of rotatable bonds is 3. The molecular formula is C11H8ClFN4. The molecule has 0 bridgehead atoms. The van der Waals surface area contributed by atoms with Crippen molar-refractivity contribution < 1.29 is 4.39 Å². The number of hydrazone groups is 1. The highest BCUT2D eigenvalue weighted by molar-refractivity contribution is 6.29. The topological polar surface area (TPSA) is 50.2 Å². The lowest BCUT2D eigenvalue weighted by Crippen LogP contribution is -1.94. The second kappa shape index (κ2) is 5.36. The lowest BCUT2D eigenvalue weighted by Gasteiger charge is -1.97. The largest absolute Gasteiger partial charge is 0.260 e. The highest BCUT2D eigenvalue weighted by Crippen LogP contribution is 2.06. The number of aromatic nitrogens is 2. The van der Waals surface area contributed by atoms with E-state index in [0.717, 1.165) is 5.56 Å². The Morgan fingerprint density at radius 1 is 1.12 bits per heavy atom. The Morgan fingerprint density at radius 3 is 2.53 bits per heavy atom. The molecule has 0 fully saturated rings. The summed E-state index contributed by atoms with van der Waals surface area (Å²) in [6.45, 7) is 0. The molecule has 0 atom stereocenters. The van der Waals surface area contributed by atoms with E-state index in [2.05, 4.69) is 20.7 Å². The molecule has 86 valence electrons. The van der Waals surface area contributed by atoms with E-state index in [9.17, 15) is 4.39 Å². The van der Waals surface area contributed by atoms with Gasteiger partial charge in [-0.25, -0.2) is 4.39 Å². The molecule has 0 aliphatic rings. The Bertz CT molecular complexity index is 510. The molecule has 0 saturated heterocycles. The zero-order valence-corrected chi connectivity index (χ0v) is 9.39. The summed E-state index contributed by atoms with van der Waals surface area (Å²) in [6, 6.07) is 9.22. The zero-order valence-electron chi connectivity index (χ0n) is 8.64. The molecule has 0 radical (unpaired) electrons. The van der Waals surface area contributed by atoms with E-state index in [4.69, 9.17) is 11.6 Å². The predicted octanol–water partition coefficient (Wildman–Crippen LogP) is 2.72. The number of nitrogens with one attached hydrogen (secondary N) is 1. The minimum Gasteiger partial charge on any atom is -0.260 e. The van der Waals surface area contributed by atoms with Crippen molar-refractivity contribution in [2.24, 2.45) is 5.10 Å². The van der Waals surface area contributed by atoms with Crippen LogP contribution in [0.15, 0.2) is 41.5 Å². The van der Waals surface area contributed by atoms with Crippen LogP contribution in [0.2, 0.25) is 5.15 Å². The molecule has 1 heterocycles. The smallest absolute Gasteiger partial charge is 0.168 e. The molecule has 0 unspecified atom stereocenters. The maximum Gasteiger partial charge on any atom is 0.168 e. The third-order valence-corrected chi connectivity index (χ3v) is 2.10. The summed E-state index contributed by atoms with van der Waals surface area (Å²) in [5.41, 5.74) is 3.46. The first-order valence-electron chi connectivity index (χ1n) is 4.78. The van der Waals surface area contributed by atoms with Gasteiger partial charge in [-0.3, -0.25) is 5.43 Å². The highest BCUT2D eigenvalue weighted by Gasteiger charge is 1.93. The number of halogens is 2. The predicted molar refractivity (Wildman–Crippen MR) is 64.7 cm³/mol. The SMILES string of the molecule is Fc1ccc(C=NNc2ccc(Cl)nn2)cc1. The van der Waals surface area contributed by atoms with Gasteiger partial charge in [0.2, 0.25) is 0 Å². The summed E-state index contributed by atoms with van der Waals surface area (Å²) in [5, 5.41) is 11.6. The van der Waals surface area contributed by atoms with Crippen molar-refractivity contribution in [1.29, 1.82) is 0 Å². The summed E-state index contributed by atoms with van der Waals surface area (Å²) in [7, 11) is 0. The molecule has 1 N–H and O–H groups in total. The van der Waals surface area contributed by atoms with Crippen LogP contribution >= 0.6 is 11.6 Å². The van der Waals surface area contributed by atoms with E-state index in [-0.39, 0.29) is 5.82 Å². The van der Waals surface area contributed by atoms with Crippen LogP contribution in [0.4, 0.5) is 10.2 Å². The Balaban J connectivity index is 1.97. The van der Waals surface area contributed by atoms with E-state index >= 15 is 0 Å². The average Bonchev–Trinajstić information content (AvgIpc) is 2.34. The Kier molecular flexibility index (Phi) is 3.62. The summed E-state index contributed by atoms with van der Waals surface area (Å²) >= 11 is 5.58. The average molecular weight is 251 g/mol. The number of nitrogens with zero attached hydrogens (tertiary/aromatic N) is 3. The van der Waals surface area contributed by atoms with Crippen LogP contribution in [-0.2, 0) is 0 Å². The Morgan fingerprint density at radius 2 is 1.88 bits per heavy atom.